The number of rotatable bonds is 6. The predicted octanol–water partition coefficient (Wildman–Crippen LogP) is 4.05. The Morgan fingerprint density at radius 1 is 1.28 bits per heavy atom. The second kappa shape index (κ2) is 8.84. The minimum atomic E-state index is -3.18. The van der Waals surface area contributed by atoms with Crippen LogP contribution in [0.3, 0.4) is 0 Å². The quantitative estimate of drug-likeness (QED) is 0.390. The van der Waals surface area contributed by atoms with Crippen LogP contribution >= 0.6 is 0 Å². The van der Waals surface area contributed by atoms with E-state index >= 15 is 4.39 Å². The summed E-state index contributed by atoms with van der Waals surface area (Å²) in [7, 11) is -1.55. The molecule has 0 aliphatic carbocycles. The number of likely N-dealkylation sites (tertiary alicyclic amines) is 1. The van der Waals surface area contributed by atoms with Crippen molar-refractivity contribution in [2.45, 2.75) is 31.4 Å². The molecule has 8 nitrogen and oxygen atoms in total. The lowest BCUT2D eigenvalue weighted by molar-refractivity contribution is -0.0675. The Bertz CT molecular complexity index is 1540. The standard InChI is InChI=1S/C22H21F6N7O/c1-33-4-3-15(22(27,28)9-33)30-21-31-20(36-2)19-17(13(24)7-35(19)32-21)11-5-12(23)18-14(6-11)34(10-29-18)8-16(25)26/h5-7,10,15-16H,3-4,8-9H2,1-2H3,(H,30,32)/t15-/m1/s1/i2D3. The van der Waals surface area contributed by atoms with E-state index < -0.39 is 67.5 Å². The molecule has 5 rings (SSSR count). The number of hydrogen-bond acceptors (Lipinski definition) is 6. The number of piperidine rings is 1. The third-order valence-electron chi connectivity index (χ3n) is 6.05. The number of benzene rings is 1. The fraction of sp³-hybridized carbons (Fsp3) is 0.409. The number of aromatic nitrogens is 5. The molecular weight excluding hydrogens is 492 g/mol. The molecule has 0 radical (unpaired) electrons. The third-order valence-corrected chi connectivity index (χ3v) is 6.05. The number of imidazole rings is 1. The van der Waals surface area contributed by atoms with Crippen LogP contribution in [-0.2, 0) is 6.54 Å². The smallest absolute Gasteiger partial charge is 0.280 e. The van der Waals surface area contributed by atoms with Crippen LogP contribution in [0.2, 0.25) is 0 Å². The lowest BCUT2D eigenvalue weighted by atomic mass is 10.0. The molecule has 36 heavy (non-hydrogen) atoms. The molecule has 0 unspecified atom stereocenters. The summed E-state index contributed by atoms with van der Waals surface area (Å²) in [6, 6.07) is 0.694. The lowest BCUT2D eigenvalue weighted by Gasteiger charge is -2.36. The van der Waals surface area contributed by atoms with Gasteiger partial charge in [-0.25, -0.2) is 35.8 Å². The molecule has 3 aromatic heterocycles. The van der Waals surface area contributed by atoms with Gasteiger partial charge in [0.1, 0.15) is 11.0 Å². The van der Waals surface area contributed by atoms with Crippen LogP contribution < -0.4 is 10.1 Å². The summed E-state index contributed by atoms with van der Waals surface area (Å²) in [6.07, 6.45) is -0.940. The molecule has 14 heteroatoms. The van der Waals surface area contributed by atoms with Crippen LogP contribution in [0.1, 0.15) is 10.5 Å². The van der Waals surface area contributed by atoms with Gasteiger partial charge in [0.05, 0.1) is 53.9 Å². The maximum absolute atomic E-state index is 15.3. The first-order valence-electron chi connectivity index (χ1n) is 12.3. The minimum absolute atomic E-state index is 0.0111. The lowest BCUT2D eigenvalue weighted by Crippen LogP contribution is -2.53. The highest BCUT2D eigenvalue weighted by Crippen LogP contribution is 2.37. The molecular formula is C22H21F6N7O. The average Bonchev–Trinajstić information content (AvgIpc) is 3.34. The zero-order valence-electron chi connectivity index (χ0n) is 21.7. The monoisotopic (exact) mass is 516 g/mol. The Balaban J connectivity index is 1.65. The average molecular weight is 516 g/mol. The first-order chi connectivity index (χ1) is 18.2. The van der Waals surface area contributed by atoms with E-state index in [0.29, 0.717) is 6.54 Å². The van der Waals surface area contributed by atoms with Crippen LogP contribution in [0, 0.1) is 11.6 Å². The molecule has 192 valence electrons. The predicted molar refractivity (Wildman–Crippen MR) is 119 cm³/mol. The molecule has 0 spiro atoms. The number of nitrogens with zero attached hydrogens (tertiary/aromatic N) is 6. The molecule has 1 aliphatic rings. The van der Waals surface area contributed by atoms with Crippen molar-refractivity contribution in [1.29, 1.82) is 0 Å². The van der Waals surface area contributed by atoms with E-state index in [-0.39, 0.29) is 28.5 Å². The Morgan fingerprint density at radius 3 is 2.81 bits per heavy atom. The Kier molecular flexibility index (Phi) is 5.06. The van der Waals surface area contributed by atoms with Gasteiger partial charge >= 0.3 is 0 Å². The van der Waals surface area contributed by atoms with Gasteiger partial charge in [0, 0.05) is 6.54 Å². The van der Waals surface area contributed by atoms with Crippen molar-refractivity contribution < 1.29 is 35.2 Å². The zero-order valence-corrected chi connectivity index (χ0v) is 18.7. The van der Waals surface area contributed by atoms with Gasteiger partial charge in [0.25, 0.3) is 12.3 Å². The molecule has 1 atom stereocenters. The highest BCUT2D eigenvalue weighted by atomic mass is 19.3. The number of halogens is 6. The van der Waals surface area contributed by atoms with Crippen molar-refractivity contribution in [2.75, 3.05) is 32.5 Å². The Labute approximate surface area is 204 Å². The summed E-state index contributed by atoms with van der Waals surface area (Å²) in [5, 5.41) is 6.50. The van der Waals surface area contributed by atoms with Gasteiger partial charge in [0.2, 0.25) is 11.8 Å². The van der Waals surface area contributed by atoms with E-state index in [1.807, 2.05) is 0 Å². The van der Waals surface area contributed by atoms with Gasteiger partial charge in [-0.05, 0) is 31.2 Å². The van der Waals surface area contributed by atoms with E-state index in [0.717, 1.165) is 27.7 Å². The number of alkyl halides is 4. The molecule has 4 aromatic rings. The van der Waals surface area contributed by atoms with Gasteiger partial charge in [-0.2, -0.15) is 4.98 Å². The van der Waals surface area contributed by atoms with E-state index in [1.54, 1.807) is 7.05 Å². The van der Waals surface area contributed by atoms with E-state index in [1.165, 1.54) is 11.0 Å². The maximum Gasteiger partial charge on any atom is 0.280 e. The molecule has 0 bridgehead atoms. The van der Waals surface area contributed by atoms with Crippen LogP contribution in [0.5, 0.6) is 5.88 Å². The summed E-state index contributed by atoms with van der Waals surface area (Å²) in [5.74, 6) is -6.28. The molecule has 1 aromatic carbocycles. The normalized spacial score (nSPS) is 20.0. The summed E-state index contributed by atoms with van der Waals surface area (Å²) < 4.78 is 115. The van der Waals surface area contributed by atoms with Crippen molar-refractivity contribution >= 4 is 22.5 Å². The van der Waals surface area contributed by atoms with Crippen LogP contribution in [0.4, 0.5) is 32.3 Å². The van der Waals surface area contributed by atoms with Crippen molar-refractivity contribution in [2.24, 2.45) is 0 Å². The Hall–Kier alpha value is -3.55. The first kappa shape index (κ1) is 20.6. The largest absolute Gasteiger partial charge is 0.479 e. The van der Waals surface area contributed by atoms with Gasteiger partial charge in [-0.3, -0.25) is 0 Å². The molecule has 4 heterocycles. The van der Waals surface area contributed by atoms with Crippen LogP contribution in [-0.4, -0.2) is 74.6 Å². The third kappa shape index (κ3) is 4.18. The summed E-state index contributed by atoms with van der Waals surface area (Å²) in [6.45, 7) is -0.998. The van der Waals surface area contributed by atoms with Crippen molar-refractivity contribution in [3.63, 3.8) is 0 Å². The summed E-state index contributed by atoms with van der Waals surface area (Å²) in [5.41, 5.74) is -1.20. The summed E-state index contributed by atoms with van der Waals surface area (Å²) in [4.78, 5) is 9.18. The van der Waals surface area contributed by atoms with Gasteiger partial charge < -0.3 is 19.5 Å². The maximum atomic E-state index is 15.3. The topological polar surface area (TPSA) is 72.5 Å². The summed E-state index contributed by atoms with van der Waals surface area (Å²) >= 11 is 0. The number of hydrogen-bond donors (Lipinski definition) is 1. The number of ether oxygens (including phenoxy) is 1. The highest BCUT2D eigenvalue weighted by molar-refractivity contribution is 5.90. The highest BCUT2D eigenvalue weighted by Gasteiger charge is 2.44. The molecule has 0 saturated carbocycles. The number of nitrogens with one attached hydrogen (secondary N) is 1. The Morgan fingerprint density at radius 2 is 2.08 bits per heavy atom. The molecule has 1 saturated heterocycles. The van der Waals surface area contributed by atoms with Gasteiger partial charge in [-0.1, -0.05) is 0 Å². The van der Waals surface area contributed by atoms with Crippen LogP contribution in [0.15, 0.2) is 24.7 Å². The van der Waals surface area contributed by atoms with Crippen molar-refractivity contribution in [3.05, 3.63) is 36.3 Å². The van der Waals surface area contributed by atoms with Crippen molar-refractivity contribution in [1.82, 2.24) is 29.0 Å². The van der Waals surface area contributed by atoms with E-state index in [2.05, 4.69) is 20.4 Å². The molecule has 0 amide bonds. The molecule has 1 N–H and O–H groups in total. The fourth-order valence-electron chi connectivity index (χ4n) is 4.43. The molecule has 1 fully saturated rings. The van der Waals surface area contributed by atoms with Crippen LogP contribution in [0.25, 0.3) is 27.7 Å². The molecule has 1 aliphatic heterocycles. The van der Waals surface area contributed by atoms with E-state index in [9.17, 15) is 22.0 Å². The zero-order chi connectivity index (χ0) is 28.3. The fourth-order valence-corrected chi connectivity index (χ4v) is 4.43. The second-order valence-electron chi connectivity index (χ2n) is 8.59. The van der Waals surface area contributed by atoms with E-state index in [4.69, 9.17) is 8.85 Å². The number of anilines is 1. The number of fused-ring (bicyclic) bond motifs is 2. The SMILES string of the molecule is [2H]C([2H])([2H])Oc1nc(N[C@@H]2CCN(C)CC2(F)F)nn2cc(F)c(-c3cc(F)c4ncn(CC(F)F)c4c3)c12. The van der Waals surface area contributed by atoms with Gasteiger partial charge in [-0.15, -0.1) is 5.10 Å². The second-order valence-corrected chi connectivity index (χ2v) is 8.59. The number of methoxy groups -OCH3 is 1. The minimum Gasteiger partial charge on any atom is -0.479 e. The first-order valence-corrected chi connectivity index (χ1v) is 10.8. The van der Waals surface area contributed by atoms with Gasteiger partial charge in [0.15, 0.2) is 11.6 Å². The van der Waals surface area contributed by atoms with Crippen molar-refractivity contribution in [3.8, 4) is 17.0 Å².